The number of nitrogens with zero attached hydrogens (tertiary/aromatic N) is 1. The number of nitrogens with one attached hydrogen (secondary N) is 1. The minimum absolute atomic E-state index is 0.0276. The van der Waals surface area contributed by atoms with Gasteiger partial charge in [0.25, 0.3) is 0 Å². The maximum atomic E-state index is 12.3. The van der Waals surface area contributed by atoms with Crippen molar-refractivity contribution in [1.29, 1.82) is 0 Å². The third-order valence-corrected chi connectivity index (χ3v) is 3.76. The molecule has 0 aliphatic carbocycles. The lowest BCUT2D eigenvalue weighted by Crippen LogP contribution is -2.66. The molecule has 0 bridgehead atoms. The van der Waals surface area contributed by atoms with Gasteiger partial charge in [0.1, 0.15) is 5.54 Å². The van der Waals surface area contributed by atoms with E-state index in [4.69, 9.17) is 0 Å². The maximum absolute atomic E-state index is 12.3. The molecule has 0 spiro atoms. The van der Waals surface area contributed by atoms with Gasteiger partial charge in [0.15, 0.2) is 0 Å². The lowest BCUT2D eigenvalue weighted by molar-refractivity contribution is -0.150. The predicted molar refractivity (Wildman–Crippen MR) is 67.9 cm³/mol. The van der Waals surface area contributed by atoms with Gasteiger partial charge in [-0.2, -0.15) is 13.2 Å². The third-order valence-electron chi connectivity index (χ3n) is 3.76. The molecule has 116 valence electrons. The Hall–Kier alpha value is -1.27. The Balaban J connectivity index is 2.57. The van der Waals surface area contributed by atoms with Crippen LogP contribution in [-0.2, 0) is 9.59 Å². The van der Waals surface area contributed by atoms with Crippen LogP contribution in [0.1, 0.15) is 46.0 Å². The zero-order chi connectivity index (χ0) is 15.4. The van der Waals surface area contributed by atoms with Gasteiger partial charge in [-0.05, 0) is 25.7 Å². The second-order valence-electron chi connectivity index (χ2n) is 5.14. The van der Waals surface area contributed by atoms with Crippen LogP contribution < -0.4 is 5.32 Å². The summed E-state index contributed by atoms with van der Waals surface area (Å²) < 4.78 is 36.1. The maximum Gasteiger partial charge on any atom is 0.389 e. The molecule has 1 aliphatic rings. The highest BCUT2D eigenvalue weighted by Crippen LogP contribution is 2.24. The van der Waals surface area contributed by atoms with Gasteiger partial charge in [-0.3, -0.25) is 9.59 Å². The van der Waals surface area contributed by atoms with Crippen LogP contribution in [0.4, 0.5) is 13.2 Å². The van der Waals surface area contributed by atoms with Gasteiger partial charge in [-0.25, -0.2) is 0 Å². The highest BCUT2D eigenvalue weighted by Gasteiger charge is 2.43. The fraction of sp³-hybridized carbons (Fsp3) is 0.846. The number of hydrogen-bond acceptors (Lipinski definition) is 2. The summed E-state index contributed by atoms with van der Waals surface area (Å²) in [4.78, 5) is 25.4. The number of rotatable bonds is 6. The van der Waals surface area contributed by atoms with E-state index in [1.807, 2.05) is 13.8 Å². The normalized spacial score (nSPS) is 19.1. The number of hydrogen-bond donors (Lipinski definition) is 1. The lowest BCUT2D eigenvalue weighted by atomic mass is 9.89. The topological polar surface area (TPSA) is 49.4 Å². The monoisotopic (exact) mass is 294 g/mol. The standard InChI is InChI=1S/C13H21F3N2O2/c1-3-12(4-2)11(20)18(9-10(19)17-12)8-6-5-7-13(14,15)16/h3-9H2,1-2H3,(H,17,19). The van der Waals surface area contributed by atoms with Crippen LogP contribution in [0.25, 0.3) is 0 Å². The van der Waals surface area contributed by atoms with Crippen molar-refractivity contribution in [2.75, 3.05) is 13.1 Å². The van der Waals surface area contributed by atoms with Crippen molar-refractivity contribution in [2.24, 2.45) is 0 Å². The average Bonchev–Trinajstić information content (AvgIpc) is 2.37. The number of carbonyl (C=O) groups is 2. The summed E-state index contributed by atoms with van der Waals surface area (Å²) in [6, 6.07) is 0. The molecule has 0 aromatic rings. The Kier molecular flexibility index (Phi) is 5.42. The second kappa shape index (κ2) is 6.45. The van der Waals surface area contributed by atoms with Crippen molar-refractivity contribution >= 4 is 11.8 Å². The molecule has 4 nitrogen and oxygen atoms in total. The van der Waals surface area contributed by atoms with E-state index >= 15 is 0 Å². The first-order valence-corrected chi connectivity index (χ1v) is 6.91. The highest BCUT2D eigenvalue weighted by atomic mass is 19.4. The first-order chi connectivity index (χ1) is 9.24. The van der Waals surface area contributed by atoms with Crippen molar-refractivity contribution < 1.29 is 22.8 Å². The number of alkyl halides is 3. The summed E-state index contributed by atoms with van der Waals surface area (Å²) in [5, 5.41) is 2.71. The van der Waals surface area contributed by atoms with E-state index in [2.05, 4.69) is 5.32 Å². The van der Waals surface area contributed by atoms with Gasteiger partial charge < -0.3 is 10.2 Å². The molecule has 0 atom stereocenters. The molecule has 2 amide bonds. The lowest BCUT2D eigenvalue weighted by Gasteiger charge is -2.41. The number of amides is 2. The van der Waals surface area contributed by atoms with E-state index in [1.165, 1.54) is 4.90 Å². The van der Waals surface area contributed by atoms with Gasteiger partial charge in [0.2, 0.25) is 11.8 Å². The average molecular weight is 294 g/mol. The Morgan fingerprint density at radius 3 is 2.30 bits per heavy atom. The molecule has 1 heterocycles. The van der Waals surface area contributed by atoms with Gasteiger partial charge >= 0.3 is 6.18 Å². The van der Waals surface area contributed by atoms with Crippen LogP contribution in [0.15, 0.2) is 0 Å². The Morgan fingerprint density at radius 1 is 1.20 bits per heavy atom. The number of carbonyl (C=O) groups excluding carboxylic acids is 2. The molecule has 0 saturated carbocycles. The van der Waals surface area contributed by atoms with Crippen molar-refractivity contribution in [3.63, 3.8) is 0 Å². The van der Waals surface area contributed by atoms with E-state index in [0.29, 0.717) is 12.8 Å². The van der Waals surface area contributed by atoms with Crippen LogP contribution in [0, 0.1) is 0 Å². The summed E-state index contributed by atoms with van der Waals surface area (Å²) in [6.07, 6.45) is -3.84. The van der Waals surface area contributed by atoms with Gasteiger partial charge in [0, 0.05) is 13.0 Å². The van der Waals surface area contributed by atoms with Crippen molar-refractivity contribution in [1.82, 2.24) is 10.2 Å². The number of piperazine rings is 1. The van der Waals surface area contributed by atoms with E-state index in [9.17, 15) is 22.8 Å². The van der Waals surface area contributed by atoms with E-state index < -0.39 is 18.1 Å². The van der Waals surface area contributed by atoms with Crippen molar-refractivity contribution in [3.05, 3.63) is 0 Å². The molecule has 20 heavy (non-hydrogen) atoms. The quantitative estimate of drug-likeness (QED) is 0.764. The summed E-state index contributed by atoms with van der Waals surface area (Å²) in [6.45, 7) is 3.76. The summed E-state index contributed by atoms with van der Waals surface area (Å²) in [5.74, 6) is -0.432. The summed E-state index contributed by atoms with van der Waals surface area (Å²) >= 11 is 0. The molecule has 7 heteroatoms. The molecule has 0 aromatic heterocycles. The zero-order valence-electron chi connectivity index (χ0n) is 11.8. The van der Waals surface area contributed by atoms with Crippen LogP contribution >= 0.6 is 0 Å². The fourth-order valence-electron chi connectivity index (χ4n) is 2.45. The van der Waals surface area contributed by atoms with E-state index in [1.54, 1.807) is 0 Å². The minimum Gasteiger partial charge on any atom is -0.340 e. The molecule has 1 saturated heterocycles. The van der Waals surface area contributed by atoms with Crippen LogP contribution in [-0.4, -0.2) is 41.5 Å². The summed E-state index contributed by atoms with van der Waals surface area (Å²) in [7, 11) is 0. The number of halogens is 3. The summed E-state index contributed by atoms with van der Waals surface area (Å²) in [5.41, 5.74) is -0.890. The minimum atomic E-state index is -4.17. The van der Waals surface area contributed by atoms with Crippen LogP contribution in [0.5, 0.6) is 0 Å². The van der Waals surface area contributed by atoms with Gasteiger partial charge in [-0.15, -0.1) is 0 Å². The molecule has 0 aromatic carbocycles. The smallest absolute Gasteiger partial charge is 0.340 e. The van der Waals surface area contributed by atoms with Crippen LogP contribution in [0.3, 0.4) is 0 Å². The molecule has 1 aliphatic heterocycles. The van der Waals surface area contributed by atoms with E-state index in [0.717, 1.165) is 0 Å². The van der Waals surface area contributed by atoms with Crippen LogP contribution in [0.2, 0.25) is 0 Å². The predicted octanol–water partition coefficient (Wildman–Crippen LogP) is 2.24. The molecule has 1 N–H and O–H groups in total. The molecule has 1 rings (SSSR count). The zero-order valence-corrected chi connectivity index (χ0v) is 11.8. The molecule has 1 fully saturated rings. The Labute approximate surface area is 116 Å². The Morgan fingerprint density at radius 2 is 1.80 bits per heavy atom. The second-order valence-corrected chi connectivity index (χ2v) is 5.14. The largest absolute Gasteiger partial charge is 0.389 e. The molecular weight excluding hydrogens is 273 g/mol. The molecule has 0 unspecified atom stereocenters. The van der Waals surface area contributed by atoms with Crippen molar-refractivity contribution in [2.45, 2.75) is 57.7 Å². The third kappa shape index (κ3) is 4.11. The Bertz CT molecular complexity index is 365. The molecular formula is C13H21F3N2O2. The first-order valence-electron chi connectivity index (χ1n) is 6.91. The van der Waals surface area contributed by atoms with E-state index in [-0.39, 0.29) is 37.7 Å². The first kappa shape index (κ1) is 16.8. The molecule has 0 radical (unpaired) electrons. The van der Waals surface area contributed by atoms with Gasteiger partial charge in [0.05, 0.1) is 6.54 Å². The fourth-order valence-corrected chi connectivity index (χ4v) is 2.45. The SMILES string of the molecule is CCC1(CC)NC(=O)CN(CCCCC(F)(F)F)C1=O. The number of unbranched alkanes of at least 4 members (excludes halogenated alkanes) is 1. The van der Waals surface area contributed by atoms with Crippen molar-refractivity contribution in [3.8, 4) is 0 Å². The van der Waals surface area contributed by atoms with Gasteiger partial charge in [-0.1, -0.05) is 13.8 Å². The highest BCUT2D eigenvalue weighted by molar-refractivity contribution is 5.97.